The number of nitrogen functional groups attached to an aromatic ring is 1. The highest BCUT2D eigenvalue weighted by atomic mass is 32.2. The first-order chi connectivity index (χ1) is 8.56. The molecule has 0 atom stereocenters. The summed E-state index contributed by atoms with van der Waals surface area (Å²) < 4.78 is 0. The smallest absolute Gasteiger partial charge is 0.345 e. The minimum absolute atomic E-state index is 0.389. The molecular formula is C13H13NO2S2. The molecule has 3 N–H and O–H groups in total. The predicted octanol–water partition coefficient (Wildman–Crippen LogP) is 3.63. The van der Waals surface area contributed by atoms with Gasteiger partial charge in [0.25, 0.3) is 0 Å². The molecule has 0 radical (unpaired) electrons. The van der Waals surface area contributed by atoms with Crippen LogP contribution in [0.5, 0.6) is 0 Å². The normalized spacial score (nSPS) is 10.5. The minimum Gasteiger partial charge on any atom is -0.477 e. The first kappa shape index (κ1) is 13.0. The van der Waals surface area contributed by atoms with Crippen molar-refractivity contribution in [1.82, 2.24) is 0 Å². The van der Waals surface area contributed by atoms with Crippen LogP contribution in [0.2, 0.25) is 0 Å². The summed E-state index contributed by atoms with van der Waals surface area (Å²) in [5, 5.41) is 8.85. The minimum atomic E-state index is -0.861. The molecule has 0 aliphatic rings. The van der Waals surface area contributed by atoms with Crippen molar-refractivity contribution in [3.8, 4) is 0 Å². The number of benzene rings is 1. The first-order valence-corrected chi connectivity index (χ1v) is 7.17. The highest BCUT2D eigenvalue weighted by molar-refractivity contribution is 7.98. The lowest BCUT2D eigenvalue weighted by molar-refractivity contribution is 0.0702. The molecule has 1 heterocycles. The van der Waals surface area contributed by atoms with E-state index in [9.17, 15) is 4.79 Å². The Morgan fingerprint density at radius 1 is 1.39 bits per heavy atom. The molecule has 0 aliphatic heterocycles. The molecule has 5 heteroatoms. The number of hydrogen-bond donors (Lipinski definition) is 2. The maximum atomic E-state index is 10.8. The van der Waals surface area contributed by atoms with E-state index in [1.807, 2.05) is 31.2 Å². The molecule has 1 aromatic heterocycles. The third kappa shape index (κ3) is 3.05. The monoisotopic (exact) mass is 279 g/mol. The summed E-state index contributed by atoms with van der Waals surface area (Å²) in [6.45, 7) is 2.02. The summed E-state index contributed by atoms with van der Waals surface area (Å²) in [6.07, 6.45) is 0. The highest BCUT2D eigenvalue weighted by Gasteiger charge is 2.07. The molecule has 0 aliphatic carbocycles. The molecular weight excluding hydrogens is 266 g/mol. The Bertz CT molecular complexity index is 578. The number of carboxylic acid groups (broad SMARTS) is 1. The molecule has 0 spiro atoms. The molecule has 3 nitrogen and oxygen atoms in total. The van der Waals surface area contributed by atoms with Crippen molar-refractivity contribution in [2.24, 2.45) is 0 Å². The van der Waals surface area contributed by atoms with Crippen LogP contribution in [0.25, 0.3) is 0 Å². The Kier molecular flexibility index (Phi) is 3.93. The maximum absolute atomic E-state index is 10.8. The summed E-state index contributed by atoms with van der Waals surface area (Å²) >= 11 is 3.02. The number of nitrogens with two attached hydrogens (primary N) is 1. The maximum Gasteiger partial charge on any atom is 0.345 e. The van der Waals surface area contributed by atoms with Crippen LogP contribution in [0, 0.1) is 6.92 Å². The summed E-state index contributed by atoms with van der Waals surface area (Å²) in [5.41, 5.74) is 7.61. The van der Waals surface area contributed by atoms with Crippen LogP contribution in [0.3, 0.4) is 0 Å². The van der Waals surface area contributed by atoms with Crippen LogP contribution < -0.4 is 5.73 Å². The lowest BCUT2D eigenvalue weighted by atomic mass is 10.2. The van der Waals surface area contributed by atoms with E-state index < -0.39 is 5.97 Å². The summed E-state index contributed by atoms with van der Waals surface area (Å²) in [6, 6.07) is 9.35. The molecule has 0 unspecified atom stereocenters. The van der Waals surface area contributed by atoms with Gasteiger partial charge in [-0.1, -0.05) is 0 Å². The fraction of sp³-hybridized carbons (Fsp3) is 0.154. The van der Waals surface area contributed by atoms with Crippen molar-refractivity contribution in [1.29, 1.82) is 0 Å². The third-order valence-corrected chi connectivity index (χ3v) is 4.92. The number of anilines is 1. The molecule has 94 valence electrons. The highest BCUT2D eigenvalue weighted by Crippen LogP contribution is 2.29. The van der Waals surface area contributed by atoms with Crippen LogP contribution in [0.4, 0.5) is 5.69 Å². The molecule has 0 bridgehead atoms. The molecule has 2 aromatic rings. The average Bonchev–Trinajstić information content (AvgIpc) is 2.76. The summed E-state index contributed by atoms with van der Waals surface area (Å²) in [4.78, 5) is 13.4. The molecule has 0 saturated carbocycles. The van der Waals surface area contributed by atoms with E-state index >= 15 is 0 Å². The fourth-order valence-corrected chi connectivity index (χ4v) is 3.45. The number of rotatable bonds is 4. The molecule has 2 rings (SSSR count). The van der Waals surface area contributed by atoms with E-state index in [2.05, 4.69) is 0 Å². The lowest BCUT2D eigenvalue weighted by Gasteiger charge is -2.05. The molecule has 1 aromatic carbocycles. The summed E-state index contributed by atoms with van der Waals surface area (Å²) in [5.74, 6) is -0.0807. The Morgan fingerprint density at radius 3 is 2.78 bits per heavy atom. The van der Waals surface area contributed by atoms with Gasteiger partial charge in [-0.3, -0.25) is 0 Å². The molecule has 0 fully saturated rings. The first-order valence-electron chi connectivity index (χ1n) is 5.37. The van der Waals surface area contributed by atoms with Gasteiger partial charge in [0.15, 0.2) is 0 Å². The van der Waals surface area contributed by atoms with Gasteiger partial charge in [-0.05, 0) is 42.8 Å². The Morgan fingerprint density at radius 2 is 2.17 bits per heavy atom. The second kappa shape index (κ2) is 5.46. The summed E-state index contributed by atoms with van der Waals surface area (Å²) in [7, 11) is 0. The van der Waals surface area contributed by atoms with Gasteiger partial charge in [0.05, 0.1) is 0 Å². The molecule has 0 saturated heterocycles. The van der Waals surface area contributed by atoms with Crippen molar-refractivity contribution in [3.63, 3.8) is 0 Å². The van der Waals surface area contributed by atoms with Gasteiger partial charge in [-0.15, -0.1) is 23.1 Å². The van der Waals surface area contributed by atoms with Crippen molar-refractivity contribution in [2.45, 2.75) is 17.6 Å². The second-order valence-electron chi connectivity index (χ2n) is 3.88. The van der Waals surface area contributed by atoms with E-state index in [1.165, 1.54) is 16.2 Å². The van der Waals surface area contributed by atoms with Crippen molar-refractivity contribution in [2.75, 3.05) is 5.73 Å². The average molecular weight is 279 g/mol. The van der Waals surface area contributed by atoms with E-state index in [0.717, 1.165) is 21.9 Å². The molecule has 0 amide bonds. The Hall–Kier alpha value is -1.46. The van der Waals surface area contributed by atoms with Crippen molar-refractivity contribution in [3.05, 3.63) is 45.6 Å². The number of carboxylic acids is 1. The van der Waals surface area contributed by atoms with Crippen LogP contribution in [0.15, 0.2) is 35.2 Å². The van der Waals surface area contributed by atoms with Gasteiger partial charge in [0, 0.05) is 21.2 Å². The number of thiophene rings is 1. The van der Waals surface area contributed by atoms with E-state index in [0.29, 0.717) is 4.88 Å². The van der Waals surface area contributed by atoms with Gasteiger partial charge in [0.2, 0.25) is 0 Å². The zero-order chi connectivity index (χ0) is 13.1. The van der Waals surface area contributed by atoms with Gasteiger partial charge >= 0.3 is 5.97 Å². The number of aryl methyl sites for hydroxylation is 1. The van der Waals surface area contributed by atoms with Crippen LogP contribution in [0.1, 0.15) is 20.1 Å². The lowest BCUT2D eigenvalue weighted by Crippen LogP contribution is -1.89. The SMILES string of the molecule is Cc1cc(N)ccc1SCc1ccc(C(=O)O)s1. The van der Waals surface area contributed by atoms with E-state index in [4.69, 9.17) is 10.8 Å². The van der Waals surface area contributed by atoms with E-state index in [1.54, 1.807) is 17.8 Å². The zero-order valence-corrected chi connectivity index (χ0v) is 11.5. The van der Waals surface area contributed by atoms with Crippen LogP contribution in [-0.4, -0.2) is 11.1 Å². The number of carbonyl (C=O) groups is 1. The zero-order valence-electron chi connectivity index (χ0n) is 9.84. The van der Waals surface area contributed by atoms with Crippen LogP contribution >= 0.6 is 23.1 Å². The van der Waals surface area contributed by atoms with Gasteiger partial charge in [0.1, 0.15) is 4.88 Å². The second-order valence-corrected chi connectivity index (χ2v) is 6.07. The fourth-order valence-electron chi connectivity index (χ4n) is 1.55. The number of hydrogen-bond acceptors (Lipinski definition) is 4. The van der Waals surface area contributed by atoms with Gasteiger partial charge < -0.3 is 10.8 Å². The topological polar surface area (TPSA) is 63.3 Å². The molecule has 18 heavy (non-hydrogen) atoms. The Labute approximate surface area is 114 Å². The number of aromatic carboxylic acids is 1. The van der Waals surface area contributed by atoms with Crippen molar-refractivity contribution >= 4 is 34.8 Å². The van der Waals surface area contributed by atoms with E-state index in [-0.39, 0.29) is 0 Å². The van der Waals surface area contributed by atoms with Gasteiger partial charge in [-0.2, -0.15) is 0 Å². The Balaban J connectivity index is 2.04. The van der Waals surface area contributed by atoms with Crippen LogP contribution in [-0.2, 0) is 5.75 Å². The third-order valence-electron chi connectivity index (χ3n) is 2.44. The number of thioether (sulfide) groups is 1. The quantitative estimate of drug-likeness (QED) is 0.662. The standard InChI is InChI=1S/C13H13NO2S2/c1-8-6-9(14)2-4-11(8)17-7-10-3-5-12(18-10)13(15)16/h2-6H,7,14H2,1H3,(H,15,16). The predicted molar refractivity (Wildman–Crippen MR) is 76.4 cm³/mol. The largest absolute Gasteiger partial charge is 0.477 e. The van der Waals surface area contributed by atoms with Gasteiger partial charge in [-0.25, -0.2) is 4.79 Å². The van der Waals surface area contributed by atoms with Crippen molar-refractivity contribution < 1.29 is 9.90 Å².